The molecule has 0 fully saturated rings. The molecule has 1 aromatic heterocycles. The van der Waals surface area contributed by atoms with Gasteiger partial charge in [-0.05, 0) is 36.8 Å². The molecule has 0 saturated carbocycles. The van der Waals surface area contributed by atoms with Crippen molar-refractivity contribution >= 4 is 22.8 Å². The normalized spacial score (nSPS) is 10.5. The fraction of sp³-hybridized carbons (Fsp3) is 0.200. The molecule has 0 atom stereocenters. The molecule has 140 valence electrons. The maximum Gasteiger partial charge on any atom is 0.269 e. The third kappa shape index (κ3) is 4.03. The van der Waals surface area contributed by atoms with Gasteiger partial charge >= 0.3 is 0 Å². The van der Waals surface area contributed by atoms with Crippen LogP contribution in [0.15, 0.2) is 47.1 Å². The van der Waals surface area contributed by atoms with Crippen molar-refractivity contribution in [2.45, 2.75) is 13.3 Å². The minimum Gasteiger partial charge on any atom is -0.493 e. The van der Waals surface area contributed by atoms with Crippen LogP contribution in [0.5, 0.6) is 11.5 Å². The summed E-state index contributed by atoms with van der Waals surface area (Å²) in [7, 11) is 3.00. The molecule has 0 spiro atoms. The van der Waals surface area contributed by atoms with Gasteiger partial charge in [0.2, 0.25) is 5.91 Å². The van der Waals surface area contributed by atoms with Gasteiger partial charge in [-0.15, -0.1) is 0 Å². The van der Waals surface area contributed by atoms with Gasteiger partial charge in [0, 0.05) is 16.5 Å². The zero-order valence-electron chi connectivity index (χ0n) is 15.3. The highest BCUT2D eigenvalue weighted by molar-refractivity contribution is 5.96. The first-order chi connectivity index (χ1) is 13.0. The Morgan fingerprint density at radius 2 is 1.78 bits per heavy atom. The summed E-state index contributed by atoms with van der Waals surface area (Å²) >= 11 is 0. The van der Waals surface area contributed by atoms with Crippen LogP contribution in [0.3, 0.4) is 0 Å². The van der Waals surface area contributed by atoms with Crippen LogP contribution in [-0.2, 0) is 11.2 Å². The van der Waals surface area contributed by atoms with Gasteiger partial charge < -0.3 is 13.9 Å². The monoisotopic (exact) mass is 368 g/mol. The van der Waals surface area contributed by atoms with E-state index in [1.807, 2.05) is 25.1 Å². The largest absolute Gasteiger partial charge is 0.493 e. The molecular weight excluding hydrogens is 348 g/mol. The van der Waals surface area contributed by atoms with Crippen LogP contribution in [-0.4, -0.2) is 26.0 Å². The number of hydrazine groups is 1. The van der Waals surface area contributed by atoms with Crippen LogP contribution >= 0.6 is 0 Å². The molecule has 0 aliphatic heterocycles. The zero-order valence-corrected chi connectivity index (χ0v) is 15.3. The lowest BCUT2D eigenvalue weighted by molar-refractivity contribution is -0.121. The number of hydrogen-bond donors (Lipinski definition) is 2. The quantitative estimate of drug-likeness (QED) is 0.676. The summed E-state index contributed by atoms with van der Waals surface area (Å²) in [5.41, 5.74) is 7.69. The highest BCUT2D eigenvalue weighted by atomic mass is 16.5. The van der Waals surface area contributed by atoms with Gasteiger partial charge in [-0.25, -0.2) is 0 Å². The third-order valence-corrected chi connectivity index (χ3v) is 4.12. The van der Waals surface area contributed by atoms with Gasteiger partial charge in [0.25, 0.3) is 5.91 Å². The number of hydrogen-bond acceptors (Lipinski definition) is 5. The van der Waals surface area contributed by atoms with Gasteiger partial charge in [0.05, 0.1) is 26.9 Å². The third-order valence-electron chi connectivity index (χ3n) is 4.12. The fourth-order valence-electron chi connectivity index (χ4n) is 2.72. The van der Waals surface area contributed by atoms with Crippen LogP contribution < -0.4 is 20.3 Å². The first-order valence-corrected chi connectivity index (χ1v) is 8.29. The summed E-state index contributed by atoms with van der Waals surface area (Å²) in [6.07, 6.45) is 1.64. The minimum atomic E-state index is -0.461. The molecule has 2 N–H and O–H groups in total. The maximum absolute atomic E-state index is 12.2. The van der Waals surface area contributed by atoms with Crippen molar-refractivity contribution in [3.8, 4) is 11.5 Å². The zero-order chi connectivity index (χ0) is 19.4. The molecule has 0 aliphatic carbocycles. The van der Waals surface area contributed by atoms with E-state index in [0.717, 1.165) is 22.1 Å². The van der Waals surface area contributed by atoms with E-state index in [1.54, 1.807) is 18.4 Å². The van der Waals surface area contributed by atoms with E-state index in [0.29, 0.717) is 17.1 Å². The Morgan fingerprint density at radius 1 is 1.00 bits per heavy atom. The standard InChI is InChI=1S/C20H20N2O5/c1-12-4-6-15-14(11-27-17(15)8-12)10-19(23)21-22-20(24)13-5-7-16(25-2)18(9-13)26-3/h4-9,11H,10H2,1-3H3,(H,21,23)(H,22,24). The summed E-state index contributed by atoms with van der Waals surface area (Å²) in [5, 5.41) is 0.877. The van der Waals surface area contributed by atoms with Crippen molar-refractivity contribution < 1.29 is 23.5 Å². The van der Waals surface area contributed by atoms with E-state index in [4.69, 9.17) is 13.9 Å². The average molecular weight is 368 g/mol. The number of furan rings is 1. The molecule has 0 unspecified atom stereocenters. The second-order valence-electron chi connectivity index (χ2n) is 6.01. The number of carbonyl (C=O) groups is 2. The topological polar surface area (TPSA) is 89.8 Å². The van der Waals surface area contributed by atoms with Crippen molar-refractivity contribution in [3.05, 3.63) is 59.4 Å². The average Bonchev–Trinajstić information content (AvgIpc) is 3.07. The highest BCUT2D eigenvalue weighted by Gasteiger charge is 2.13. The van der Waals surface area contributed by atoms with E-state index >= 15 is 0 Å². The van der Waals surface area contributed by atoms with Crippen molar-refractivity contribution in [3.63, 3.8) is 0 Å². The minimum absolute atomic E-state index is 0.0856. The Morgan fingerprint density at radius 3 is 2.52 bits per heavy atom. The van der Waals surface area contributed by atoms with Crippen LogP contribution in [0, 0.1) is 6.92 Å². The van der Waals surface area contributed by atoms with Crippen molar-refractivity contribution in [1.82, 2.24) is 10.9 Å². The first kappa shape index (κ1) is 18.3. The lowest BCUT2D eigenvalue weighted by Crippen LogP contribution is -2.42. The van der Waals surface area contributed by atoms with Crippen LogP contribution in [0.4, 0.5) is 0 Å². The smallest absolute Gasteiger partial charge is 0.269 e. The second-order valence-corrected chi connectivity index (χ2v) is 6.01. The van der Waals surface area contributed by atoms with Crippen LogP contribution in [0.25, 0.3) is 11.0 Å². The molecule has 7 nitrogen and oxygen atoms in total. The summed E-state index contributed by atoms with van der Waals surface area (Å²) in [6, 6.07) is 10.5. The SMILES string of the molecule is COc1ccc(C(=O)NNC(=O)Cc2coc3cc(C)ccc23)cc1OC. The molecule has 7 heteroatoms. The Kier molecular flexibility index (Phi) is 5.30. The molecular formula is C20H20N2O5. The summed E-state index contributed by atoms with van der Waals surface area (Å²) < 4.78 is 15.8. The van der Waals surface area contributed by atoms with E-state index in [9.17, 15) is 9.59 Å². The number of fused-ring (bicyclic) bond motifs is 1. The molecule has 1 heterocycles. The lowest BCUT2D eigenvalue weighted by atomic mass is 10.1. The molecule has 0 radical (unpaired) electrons. The van der Waals surface area contributed by atoms with Crippen LogP contribution in [0.1, 0.15) is 21.5 Å². The molecule has 0 aliphatic rings. The van der Waals surface area contributed by atoms with E-state index < -0.39 is 5.91 Å². The maximum atomic E-state index is 12.2. The molecule has 2 amide bonds. The summed E-state index contributed by atoms with van der Waals surface area (Å²) in [6.45, 7) is 1.97. The Labute approximate surface area is 156 Å². The number of amides is 2. The molecule has 0 bridgehead atoms. The number of aryl methyl sites for hydroxylation is 1. The van der Waals surface area contributed by atoms with Crippen molar-refractivity contribution in [1.29, 1.82) is 0 Å². The highest BCUT2D eigenvalue weighted by Crippen LogP contribution is 2.27. The van der Waals surface area contributed by atoms with Gasteiger partial charge in [-0.1, -0.05) is 12.1 Å². The summed E-state index contributed by atoms with van der Waals surface area (Å²) in [5.74, 6) is 0.126. The predicted molar refractivity (Wildman–Crippen MR) is 99.8 cm³/mol. The van der Waals surface area contributed by atoms with Crippen molar-refractivity contribution in [2.75, 3.05) is 14.2 Å². The molecule has 3 aromatic rings. The predicted octanol–water partition coefficient (Wildman–Crippen LogP) is 2.76. The fourth-order valence-corrected chi connectivity index (χ4v) is 2.72. The van der Waals surface area contributed by atoms with E-state index in [1.165, 1.54) is 20.3 Å². The number of methoxy groups -OCH3 is 2. The molecule has 3 rings (SSSR count). The number of rotatable bonds is 5. The Hall–Kier alpha value is -3.48. The number of ether oxygens (including phenoxy) is 2. The number of benzene rings is 2. The van der Waals surface area contributed by atoms with E-state index in [-0.39, 0.29) is 12.3 Å². The Bertz CT molecular complexity index is 993. The first-order valence-electron chi connectivity index (χ1n) is 8.29. The van der Waals surface area contributed by atoms with Gasteiger partial charge in [0.1, 0.15) is 5.58 Å². The number of nitrogens with one attached hydrogen (secondary N) is 2. The molecule has 0 saturated heterocycles. The molecule has 2 aromatic carbocycles. The van der Waals surface area contributed by atoms with Crippen LogP contribution in [0.2, 0.25) is 0 Å². The van der Waals surface area contributed by atoms with Gasteiger partial charge in [0.15, 0.2) is 11.5 Å². The van der Waals surface area contributed by atoms with Crippen molar-refractivity contribution in [2.24, 2.45) is 0 Å². The van der Waals surface area contributed by atoms with Gasteiger partial charge in [-0.2, -0.15) is 0 Å². The van der Waals surface area contributed by atoms with E-state index in [2.05, 4.69) is 10.9 Å². The van der Waals surface area contributed by atoms with Gasteiger partial charge in [-0.3, -0.25) is 20.4 Å². The Balaban J connectivity index is 1.62. The molecule has 27 heavy (non-hydrogen) atoms. The summed E-state index contributed by atoms with van der Waals surface area (Å²) in [4.78, 5) is 24.4. The second kappa shape index (κ2) is 7.82. The lowest BCUT2D eigenvalue weighted by Gasteiger charge is -2.10. The number of carbonyl (C=O) groups excluding carboxylic acids is 2.